The number of fused-ring (bicyclic) bond motifs is 1. The Morgan fingerprint density at radius 3 is 2.73 bits per heavy atom. The minimum absolute atomic E-state index is 0.244. The monoisotopic (exact) mass is 309 g/mol. The van der Waals surface area contributed by atoms with Crippen molar-refractivity contribution in [1.29, 1.82) is 0 Å². The summed E-state index contributed by atoms with van der Waals surface area (Å²) < 4.78 is 12.5. The molecule has 120 valence electrons. The van der Waals surface area contributed by atoms with E-state index in [1.54, 1.807) is 0 Å². The summed E-state index contributed by atoms with van der Waals surface area (Å²) in [6, 6.07) is 0. The fourth-order valence-corrected chi connectivity index (χ4v) is 2.51. The quantitative estimate of drug-likeness (QED) is 0.723. The summed E-state index contributed by atoms with van der Waals surface area (Å²) in [6.07, 6.45) is -0.580. The lowest BCUT2D eigenvalue weighted by Crippen LogP contribution is -2.47. The van der Waals surface area contributed by atoms with Crippen molar-refractivity contribution in [2.45, 2.75) is 45.2 Å². The molecule has 0 spiro atoms. The minimum atomic E-state index is -1.34. The average Bonchev–Trinajstić information content (AvgIpc) is 2.87. The molecule has 9 heteroatoms. The number of aromatic nitrogens is 4. The highest BCUT2D eigenvalue weighted by atomic mass is 16.7. The van der Waals surface area contributed by atoms with E-state index >= 15 is 0 Å². The molecular formula is C13H19N5O4. The molecule has 4 N–H and O–H groups in total. The van der Waals surface area contributed by atoms with Gasteiger partial charge in [-0.1, -0.05) is 13.8 Å². The summed E-state index contributed by atoms with van der Waals surface area (Å²) in [7, 11) is 0. The second kappa shape index (κ2) is 5.76. The number of hydrogen-bond acceptors (Lipinski definition) is 8. The Morgan fingerprint density at radius 2 is 2.00 bits per heavy atom. The predicted molar refractivity (Wildman–Crippen MR) is 76.2 cm³/mol. The number of hydrogen-bond donors (Lipinski definition) is 3. The number of rotatable bonds is 3. The van der Waals surface area contributed by atoms with Crippen LogP contribution in [0.1, 0.15) is 26.5 Å². The van der Waals surface area contributed by atoms with Crippen molar-refractivity contribution in [3.05, 3.63) is 12.7 Å². The van der Waals surface area contributed by atoms with Crippen molar-refractivity contribution < 1.29 is 19.7 Å². The van der Waals surface area contributed by atoms with Gasteiger partial charge in [-0.2, -0.15) is 0 Å². The SMILES string of the molecule is CC(C)C[C@H]1O[C@@H](n2cnc3c(N)ncnc32)C(O)OC1O. The van der Waals surface area contributed by atoms with E-state index in [0.717, 1.165) is 0 Å². The smallest absolute Gasteiger partial charge is 0.203 e. The Kier molecular flexibility index (Phi) is 3.96. The Hall–Kier alpha value is -1.81. The zero-order chi connectivity index (χ0) is 15.9. The number of nitrogens with zero attached hydrogens (tertiary/aromatic N) is 4. The third-order valence-electron chi connectivity index (χ3n) is 3.52. The van der Waals surface area contributed by atoms with Crippen molar-refractivity contribution in [2.75, 3.05) is 5.73 Å². The van der Waals surface area contributed by atoms with Crippen LogP contribution in [0.3, 0.4) is 0 Å². The minimum Gasteiger partial charge on any atom is -0.382 e. The molecule has 0 bridgehead atoms. The first-order valence-corrected chi connectivity index (χ1v) is 7.07. The maximum atomic E-state index is 10.1. The van der Waals surface area contributed by atoms with E-state index in [1.165, 1.54) is 17.2 Å². The van der Waals surface area contributed by atoms with Gasteiger partial charge in [-0.15, -0.1) is 0 Å². The van der Waals surface area contributed by atoms with E-state index in [9.17, 15) is 10.2 Å². The van der Waals surface area contributed by atoms with Crippen LogP contribution in [-0.2, 0) is 9.47 Å². The molecule has 0 saturated carbocycles. The summed E-state index contributed by atoms with van der Waals surface area (Å²) in [5.41, 5.74) is 6.60. The van der Waals surface area contributed by atoms with E-state index in [2.05, 4.69) is 15.0 Å². The highest BCUT2D eigenvalue weighted by Crippen LogP contribution is 2.31. The average molecular weight is 309 g/mol. The lowest BCUT2D eigenvalue weighted by Gasteiger charge is -2.38. The van der Waals surface area contributed by atoms with E-state index in [1.807, 2.05) is 13.8 Å². The summed E-state index contributed by atoms with van der Waals surface area (Å²) in [4.78, 5) is 12.1. The van der Waals surface area contributed by atoms with Gasteiger partial charge >= 0.3 is 0 Å². The number of ether oxygens (including phenoxy) is 2. The third-order valence-corrected chi connectivity index (χ3v) is 3.52. The van der Waals surface area contributed by atoms with Gasteiger partial charge < -0.3 is 25.4 Å². The maximum absolute atomic E-state index is 10.1. The summed E-state index contributed by atoms with van der Waals surface area (Å²) in [5.74, 6) is 0.547. The van der Waals surface area contributed by atoms with Crippen LogP contribution >= 0.6 is 0 Å². The van der Waals surface area contributed by atoms with Gasteiger partial charge in [-0.25, -0.2) is 15.0 Å². The molecule has 2 unspecified atom stereocenters. The Bertz CT molecular complexity index is 661. The van der Waals surface area contributed by atoms with Crippen molar-refractivity contribution in [3.63, 3.8) is 0 Å². The van der Waals surface area contributed by atoms with Crippen molar-refractivity contribution >= 4 is 17.0 Å². The fraction of sp³-hybridized carbons (Fsp3) is 0.615. The second-order valence-electron chi connectivity index (χ2n) is 5.69. The molecule has 1 fully saturated rings. The third kappa shape index (κ3) is 2.63. The zero-order valence-corrected chi connectivity index (χ0v) is 12.3. The number of anilines is 1. The molecule has 9 nitrogen and oxygen atoms in total. The van der Waals surface area contributed by atoms with Gasteiger partial charge in [0.1, 0.15) is 17.9 Å². The van der Waals surface area contributed by atoms with Crippen LogP contribution in [0.15, 0.2) is 12.7 Å². The Morgan fingerprint density at radius 1 is 1.23 bits per heavy atom. The maximum Gasteiger partial charge on any atom is 0.203 e. The standard InChI is InChI=1S/C13H19N5O4/c1-6(2)3-7-12(19)22-13(20)11(21-7)18-5-17-8-9(14)15-4-16-10(8)18/h4-7,11-13,19-20H,3H2,1-2H3,(H2,14,15,16)/t7-,11-,12?,13?/m1/s1. The molecule has 1 aliphatic heterocycles. The van der Waals surface area contributed by atoms with Crippen LogP contribution in [0, 0.1) is 5.92 Å². The first kappa shape index (κ1) is 15.1. The number of aliphatic hydroxyl groups is 2. The Balaban J connectivity index is 1.93. The molecule has 2 aromatic rings. The lowest BCUT2D eigenvalue weighted by atomic mass is 10.0. The van der Waals surface area contributed by atoms with Crippen LogP contribution < -0.4 is 5.73 Å². The number of aliphatic hydroxyl groups excluding tert-OH is 2. The van der Waals surface area contributed by atoms with E-state index in [-0.39, 0.29) is 5.82 Å². The van der Waals surface area contributed by atoms with Gasteiger partial charge in [0.2, 0.25) is 6.29 Å². The van der Waals surface area contributed by atoms with Crippen molar-refractivity contribution in [2.24, 2.45) is 5.92 Å². The molecule has 0 amide bonds. The molecule has 3 heterocycles. The fourth-order valence-electron chi connectivity index (χ4n) is 2.51. The van der Waals surface area contributed by atoms with Crippen LogP contribution in [0.5, 0.6) is 0 Å². The Labute approximate surface area is 126 Å². The molecule has 1 saturated heterocycles. The van der Waals surface area contributed by atoms with Gasteiger partial charge in [0.25, 0.3) is 0 Å². The highest BCUT2D eigenvalue weighted by molar-refractivity contribution is 5.81. The van der Waals surface area contributed by atoms with Gasteiger partial charge in [-0.05, 0) is 12.3 Å². The van der Waals surface area contributed by atoms with Crippen LogP contribution in [0.4, 0.5) is 5.82 Å². The predicted octanol–water partition coefficient (Wildman–Crippen LogP) is 0.00540. The highest BCUT2D eigenvalue weighted by Gasteiger charge is 2.39. The zero-order valence-electron chi connectivity index (χ0n) is 12.3. The van der Waals surface area contributed by atoms with Crippen LogP contribution in [-0.4, -0.2) is 48.4 Å². The molecule has 2 aromatic heterocycles. The lowest BCUT2D eigenvalue weighted by molar-refractivity contribution is -0.353. The normalized spacial score (nSPS) is 29.3. The van der Waals surface area contributed by atoms with Gasteiger partial charge in [0, 0.05) is 0 Å². The molecule has 3 rings (SSSR count). The molecule has 1 aliphatic rings. The van der Waals surface area contributed by atoms with Crippen molar-refractivity contribution in [3.8, 4) is 0 Å². The molecule has 22 heavy (non-hydrogen) atoms. The van der Waals surface area contributed by atoms with Crippen LogP contribution in [0.25, 0.3) is 11.2 Å². The summed E-state index contributed by atoms with van der Waals surface area (Å²) in [6.45, 7) is 4.02. The van der Waals surface area contributed by atoms with E-state index < -0.39 is 24.9 Å². The molecule has 0 aromatic carbocycles. The summed E-state index contributed by atoms with van der Waals surface area (Å²) >= 11 is 0. The van der Waals surface area contributed by atoms with Gasteiger partial charge in [-0.3, -0.25) is 4.57 Å². The second-order valence-corrected chi connectivity index (χ2v) is 5.69. The van der Waals surface area contributed by atoms with E-state index in [4.69, 9.17) is 15.2 Å². The van der Waals surface area contributed by atoms with Crippen molar-refractivity contribution in [1.82, 2.24) is 19.5 Å². The number of nitrogens with two attached hydrogens (primary N) is 1. The number of nitrogen functional groups attached to an aromatic ring is 1. The summed E-state index contributed by atoms with van der Waals surface area (Å²) in [5, 5.41) is 19.9. The van der Waals surface area contributed by atoms with Gasteiger partial charge in [0.05, 0.1) is 6.33 Å². The first-order chi connectivity index (χ1) is 10.5. The largest absolute Gasteiger partial charge is 0.382 e. The molecule has 4 atom stereocenters. The first-order valence-electron chi connectivity index (χ1n) is 7.07. The molecular weight excluding hydrogens is 290 g/mol. The number of imidazole rings is 1. The van der Waals surface area contributed by atoms with Crippen LogP contribution in [0.2, 0.25) is 0 Å². The topological polar surface area (TPSA) is 129 Å². The van der Waals surface area contributed by atoms with E-state index in [0.29, 0.717) is 23.5 Å². The molecule has 0 radical (unpaired) electrons. The van der Waals surface area contributed by atoms with Gasteiger partial charge in [0.15, 0.2) is 24.0 Å². The molecule has 0 aliphatic carbocycles.